The van der Waals surface area contributed by atoms with Crippen LogP contribution in [0, 0.1) is 0 Å². The van der Waals surface area contributed by atoms with Crippen molar-refractivity contribution in [2.24, 2.45) is 0 Å². The van der Waals surface area contributed by atoms with Crippen LogP contribution in [-0.4, -0.2) is 0 Å². The summed E-state index contributed by atoms with van der Waals surface area (Å²) in [7, 11) is 0. The van der Waals surface area contributed by atoms with E-state index in [1.165, 1.54) is 0 Å². The zero-order chi connectivity index (χ0) is 0. The van der Waals surface area contributed by atoms with Gasteiger partial charge in [0.1, 0.15) is 0 Å². The maximum atomic E-state index is 0. The molecule has 0 aliphatic heterocycles. The van der Waals surface area contributed by atoms with Gasteiger partial charge in [-0.05, 0) is 0 Å². The molecule has 0 fully saturated rings. The van der Waals surface area contributed by atoms with E-state index >= 15 is 0 Å². The van der Waals surface area contributed by atoms with Crippen LogP contribution in [0.25, 0.3) is 0 Å². The van der Waals surface area contributed by atoms with Crippen molar-refractivity contribution in [2.75, 3.05) is 0 Å². The van der Waals surface area contributed by atoms with E-state index in [9.17, 15) is 0 Å². The molecule has 0 aromatic carbocycles. The Morgan fingerprint density at radius 2 is 0.750 bits per heavy atom. The van der Waals surface area contributed by atoms with Crippen LogP contribution < -0.4 is 0 Å². The van der Waals surface area contributed by atoms with Gasteiger partial charge in [0, 0.05) is 36.0 Å². The van der Waals surface area contributed by atoms with E-state index in [0.29, 0.717) is 0 Å². The Hall–Kier alpha value is 1.70. The SMILES string of the molecule is Cl.Cl.[Ni].[Zn]. The van der Waals surface area contributed by atoms with Gasteiger partial charge in [-0.25, -0.2) is 0 Å². The molecule has 0 spiro atoms. The molecule has 0 amide bonds. The molecule has 0 atom stereocenters. The minimum Gasteiger partial charge on any atom is -0.147 e. The Balaban J connectivity index is 0. The first-order valence-electron chi connectivity index (χ1n) is 0. The van der Waals surface area contributed by atoms with E-state index in [1.54, 1.807) is 0 Å². The Kier molecular flexibility index (Phi) is 243. The molecule has 0 saturated heterocycles. The maximum Gasteiger partial charge on any atom is 0 e. The monoisotopic (exact) mass is 194 g/mol. The first kappa shape index (κ1) is 43.6. The molecule has 4 heavy (non-hydrogen) atoms. The van der Waals surface area contributed by atoms with E-state index in [1.807, 2.05) is 0 Å². The Labute approximate surface area is 60.6 Å². The van der Waals surface area contributed by atoms with Crippen LogP contribution in [0.5, 0.6) is 0 Å². The second-order valence-corrected chi connectivity index (χ2v) is 0. The summed E-state index contributed by atoms with van der Waals surface area (Å²) >= 11 is 0. The number of halogens is 2. The maximum absolute atomic E-state index is 0. The number of hydrogen-bond acceptors (Lipinski definition) is 0. The smallest absolute Gasteiger partial charge is 0 e. The van der Waals surface area contributed by atoms with Crippen molar-refractivity contribution < 1.29 is 36.0 Å². The molecule has 0 radical (unpaired) electrons. The molecule has 4 heteroatoms. The molecule has 0 heterocycles. The molecule has 0 aliphatic rings. The zero-order valence-electron chi connectivity index (χ0n) is 1.84. The third-order valence-electron chi connectivity index (χ3n) is 0. The average Bonchev–Trinajstić information content (AvgIpc) is 0. The average molecular weight is 197 g/mol. The molecule has 0 aliphatic carbocycles. The molecule has 0 rings (SSSR count). The summed E-state index contributed by atoms with van der Waals surface area (Å²) in [4.78, 5) is 0. The van der Waals surface area contributed by atoms with Gasteiger partial charge >= 0.3 is 0 Å². The minimum absolute atomic E-state index is 0. The van der Waals surface area contributed by atoms with Crippen molar-refractivity contribution >= 4 is 24.8 Å². The first-order chi connectivity index (χ1) is 0. The van der Waals surface area contributed by atoms with Gasteiger partial charge in [0.25, 0.3) is 0 Å². The van der Waals surface area contributed by atoms with Crippen LogP contribution in [0.2, 0.25) is 0 Å². The van der Waals surface area contributed by atoms with Crippen molar-refractivity contribution in [2.45, 2.75) is 0 Å². The van der Waals surface area contributed by atoms with Gasteiger partial charge in [-0.1, -0.05) is 0 Å². The van der Waals surface area contributed by atoms with Crippen molar-refractivity contribution in [1.82, 2.24) is 0 Å². The summed E-state index contributed by atoms with van der Waals surface area (Å²) in [5, 5.41) is 0. The van der Waals surface area contributed by atoms with Gasteiger partial charge < -0.3 is 0 Å². The van der Waals surface area contributed by atoms with Gasteiger partial charge in [0.2, 0.25) is 0 Å². The van der Waals surface area contributed by atoms with E-state index in [0.717, 1.165) is 0 Å². The van der Waals surface area contributed by atoms with Crippen molar-refractivity contribution in [1.29, 1.82) is 0 Å². The first-order valence-corrected chi connectivity index (χ1v) is 0. The molecule has 0 aromatic rings. The van der Waals surface area contributed by atoms with Gasteiger partial charge in [0.15, 0.2) is 0 Å². The fraction of sp³-hybridized carbons (Fsp3) is 0. The van der Waals surface area contributed by atoms with Gasteiger partial charge in [-0.2, -0.15) is 0 Å². The molecule has 0 N–H and O–H groups in total. The quantitative estimate of drug-likeness (QED) is 0.504. The molecular formula is H2Cl2NiZn. The van der Waals surface area contributed by atoms with Crippen LogP contribution in [-0.2, 0) is 36.0 Å². The molecule has 0 unspecified atom stereocenters. The number of hydrogen-bond donors (Lipinski definition) is 0. The molecule has 0 aromatic heterocycles. The molecule has 28 valence electrons. The Morgan fingerprint density at radius 3 is 0.750 bits per heavy atom. The molecule has 0 saturated carbocycles. The fourth-order valence-electron chi connectivity index (χ4n) is 0. The second kappa shape index (κ2) is 22.3. The van der Waals surface area contributed by atoms with Crippen molar-refractivity contribution in [3.05, 3.63) is 0 Å². The molecule has 0 nitrogen and oxygen atoms in total. The fourth-order valence-corrected chi connectivity index (χ4v) is 0. The van der Waals surface area contributed by atoms with Crippen LogP contribution in [0.15, 0.2) is 0 Å². The van der Waals surface area contributed by atoms with Crippen LogP contribution in [0.4, 0.5) is 0 Å². The number of rotatable bonds is 0. The van der Waals surface area contributed by atoms with Gasteiger partial charge in [0.05, 0.1) is 0 Å². The topological polar surface area (TPSA) is 0 Å². The third-order valence-corrected chi connectivity index (χ3v) is 0. The van der Waals surface area contributed by atoms with Crippen LogP contribution in [0.3, 0.4) is 0 Å². The van der Waals surface area contributed by atoms with Crippen molar-refractivity contribution in [3.8, 4) is 0 Å². The minimum atomic E-state index is 0. The zero-order valence-corrected chi connectivity index (χ0v) is 7.43. The van der Waals surface area contributed by atoms with Gasteiger partial charge in [-0.15, -0.1) is 24.8 Å². The summed E-state index contributed by atoms with van der Waals surface area (Å²) in [5.41, 5.74) is 0. The second-order valence-electron chi connectivity index (χ2n) is 0. The standard InChI is InChI=1S/2ClH.Ni.Zn/h2*1H;;. The summed E-state index contributed by atoms with van der Waals surface area (Å²) in [6, 6.07) is 0. The summed E-state index contributed by atoms with van der Waals surface area (Å²) in [6.07, 6.45) is 0. The van der Waals surface area contributed by atoms with E-state index in [-0.39, 0.29) is 60.8 Å². The van der Waals surface area contributed by atoms with E-state index < -0.39 is 0 Å². The summed E-state index contributed by atoms with van der Waals surface area (Å²) in [5.74, 6) is 0. The summed E-state index contributed by atoms with van der Waals surface area (Å²) in [6.45, 7) is 0. The Morgan fingerprint density at radius 1 is 0.750 bits per heavy atom. The predicted molar refractivity (Wildman–Crippen MR) is 14.5 cm³/mol. The predicted octanol–water partition coefficient (Wildman–Crippen LogP) is 0.839. The molecular weight excluding hydrogens is 195 g/mol. The van der Waals surface area contributed by atoms with E-state index in [4.69, 9.17) is 0 Å². The molecule has 0 bridgehead atoms. The van der Waals surface area contributed by atoms with Crippen LogP contribution >= 0.6 is 24.8 Å². The normalized spacial score (nSPS) is 0. The van der Waals surface area contributed by atoms with E-state index in [2.05, 4.69) is 0 Å². The summed E-state index contributed by atoms with van der Waals surface area (Å²) < 4.78 is 0. The van der Waals surface area contributed by atoms with Gasteiger partial charge in [-0.3, -0.25) is 0 Å². The third kappa shape index (κ3) is 9.34. The van der Waals surface area contributed by atoms with Crippen molar-refractivity contribution in [3.63, 3.8) is 0 Å². The Bertz CT molecular complexity index is 6.00. The largest absolute Gasteiger partial charge is 0.147 e. The van der Waals surface area contributed by atoms with Crippen LogP contribution in [0.1, 0.15) is 0 Å².